The zero-order valence-corrected chi connectivity index (χ0v) is 10.4. The Morgan fingerprint density at radius 1 is 1.16 bits per heavy atom. The first-order chi connectivity index (χ1) is 8.92. The predicted octanol–water partition coefficient (Wildman–Crippen LogP) is -0.254. The molecule has 19 heavy (non-hydrogen) atoms. The molecule has 2 atom stereocenters. The summed E-state index contributed by atoms with van der Waals surface area (Å²) in [5.41, 5.74) is -0.0333. The lowest BCUT2D eigenvalue weighted by Gasteiger charge is -2.17. The molecule has 1 aromatic rings. The second kappa shape index (κ2) is 6.17. The third kappa shape index (κ3) is 3.21. The molecule has 0 heterocycles. The van der Waals surface area contributed by atoms with Crippen molar-refractivity contribution in [3.05, 3.63) is 29.3 Å². The van der Waals surface area contributed by atoms with Gasteiger partial charge in [-0.1, -0.05) is 6.07 Å². The SMILES string of the molecule is COC(=O)c1ccc(C(O)C(O)C(=O)OC)c(O)c1. The van der Waals surface area contributed by atoms with Gasteiger partial charge >= 0.3 is 11.9 Å². The molecule has 0 aliphatic rings. The van der Waals surface area contributed by atoms with Crippen molar-refractivity contribution in [3.63, 3.8) is 0 Å². The molecule has 0 radical (unpaired) electrons. The molecule has 1 aromatic carbocycles. The van der Waals surface area contributed by atoms with Crippen LogP contribution in [0.2, 0.25) is 0 Å². The quantitative estimate of drug-likeness (QED) is 0.646. The Balaban J connectivity index is 3.02. The maximum absolute atomic E-state index is 11.2. The molecule has 104 valence electrons. The van der Waals surface area contributed by atoms with Crippen LogP contribution in [0.3, 0.4) is 0 Å². The third-order valence-electron chi connectivity index (χ3n) is 2.51. The molecular weight excluding hydrogens is 256 g/mol. The molecule has 2 unspecified atom stereocenters. The van der Waals surface area contributed by atoms with Crippen molar-refractivity contribution in [2.75, 3.05) is 14.2 Å². The number of rotatable bonds is 4. The standard InChI is InChI=1S/C12H14O7/c1-18-11(16)6-3-4-7(8(13)5-6)9(14)10(15)12(17)19-2/h3-5,9-10,13-15H,1-2H3. The predicted molar refractivity (Wildman–Crippen MR) is 62.4 cm³/mol. The Labute approximate surface area is 109 Å². The molecule has 3 N–H and O–H groups in total. The van der Waals surface area contributed by atoms with Crippen molar-refractivity contribution in [1.29, 1.82) is 0 Å². The summed E-state index contributed by atoms with van der Waals surface area (Å²) in [4.78, 5) is 22.3. The molecular formula is C12H14O7. The van der Waals surface area contributed by atoms with Crippen LogP contribution in [-0.4, -0.2) is 47.6 Å². The van der Waals surface area contributed by atoms with Gasteiger partial charge in [0.1, 0.15) is 11.9 Å². The van der Waals surface area contributed by atoms with E-state index in [9.17, 15) is 24.9 Å². The number of hydrogen-bond acceptors (Lipinski definition) is 7. The Bertz CT molecular complexity index is 483. The molecule has 0 aliphatic heterocycles. The summed E-state index contributed by atoms with van der Waals surface area (Å²) < 4.78 is 8.73. The fourth-order valence-electron chi connectivity index (χ4n) is 1.46. The molecule has 0 saturated carbocycles. The van der Waals surface area contributed by atoms with Crippen LogP contribution in [0.25, 0.3) is 0 Å². The van der Waals surface area contributed by atoms with Gasteiger partial charge in [-0.25, -0.2) is 9.59 Å². The van der Waals surface area contributed by atoms with Crippen LogP contribution < -0.4 is 0 Å². The number of aromatic hydroxyl groups is 1. The Morgan fingerprint density at radius 2 is 1.79 bits per heavy atom. The summed E-state index contributed by atoms with van der Waals surface area (Å²) in [6, 6.07) is 3.56. The minimum atomic E-state index is -1.83. The van der Waals surface area contributed by atoms with Gasteiger partial charge in [-0.15, -0.1) is 0 Å². The summed E-state index contributed by atoms with van der Waals surface area (Å²) in [5, 5.41) is 28.9. The van der Waals surface area contributed by atoms with E-state index in [1.54, 1.807) is 0 Å². The average Bonchev–Trinajstić information content (AvgIpc) is 2.43. The first kappa shape index (κ1) is 14.9. The second-order valence-corrected chi connectivity index (χ2v) is 3.68. The van der Waals surface area contributed by atoms with Crippen LogP contribution in [0.5, 0.6) is 5.75 Å². The van der Waals surface area contributed by atoms with E-state index in [1.165, 1.54) is 19.2 Å². The van der Waals surface area contributed by atoms with E-state index in [1.807, 2.05) is 0 Å². The van der Waals surface area contributed by atoms with Gasteiger partial charge < -0.3 is 24.8 Å². The summed E-state index contributed by atoms with van der Waals surface area (Å²) in [5.74, 6) is -2.15. The van der Waals surface area contributed by atoms with Gasteiger partial charge in [0, 0.05) is 5.56 Å². The summed E-state index contributed by atoms with van der Waals surface area (Å²) >= 11 is 0. The molecule has 7 heteroatoms. The first-order valence-electron chi connectivity index (χ1n) is 5.27. The van der Waals surface area contributed by atoms with Crippen molar-refractivity contribution in [3.8, 4) is 5.75 Å². The Morgan fingerprint density at radius 3 is 2.26 bits per heavy atom. The topological polar surface area (TPSA) is 113 Å². The highest BCUT2D eigenvalue weighted by molar-refractivity contribution is 5.90. The van der Waals surface area contributed by atoms with Crippen molar-refractivity contribution in [2.24, 2.45) is 0 Å². The molecule has 0 spiro atoms. The van der Waals surface area contributed by atoms with E-state index in [2.05, 4.69) is 9.47 Å². The molecule has 0 fully saturated rings. The molecule has 0 saturated heterocycles. The largest absolute Gasteiger partial charge is 0.508 e. The fraction of sp³-hybridized carbons (Fsp3) is 0.333. The number of esters is 2. The van der Waals surface area contributed by atoms with E-state index < -0.39 is 29.9 Å². The van der Waals surface area contributed by atoms with Crippen LogP contribution in [0.15, 0.2) is 18.2 Å². The number of phenols is 1. The molecule has 0 aromatic heterocycles. The highest BCUT2D eigenvalue weighted by atomic mass is 16.5. The lowest BCUT2D eigenvalue weighted by molar-refractivity contribution is -0.156. The van der Waals surface area contributed by atoms with Gasteiger partial charge in [-0.05, 0) is 12.1 Å². The lowest BCUT2D eigenvalue weighted by Crippen LogP contribution is -2.29. The van der Waals surface area contributed by atoms with Gasteiger partial charge in [0.05, 0.1) is 19.8 Å². The minimum absolute atomic E-state index is 0.0727. The first-order valence-corrected chi connectivity index (χ1v) is 5.27. The number of benzene rings is 1. The fourth-order valence-corrected chi connectivity index (χ4v) is 1.46. The number of hydrogen-bond donors (Lipinski definition) is 3. The van der Waals surface area contributed by atoms with Crippen LogP contribution in [0.1, 0.15) is 22.0 Å². The molecule has 0 bridgehead atoms. The normalized spacial score (nSPS) is 13.5. The minimum Gasteiger partial charge on any atom is -0.508 e. The van der Waals surface area contributed by atoms with E-state index in [0.717, 1.165) is 13.2 Å². The number of aliphatic hydroxyl groups is 2. The monoisotopic (exact) mass is 270 g/mol. The van der Waals surface area contributed by atoms with Crippen LogP contribution in [-0.2, 0) is 14.3 Å². The van der Waals surface area contributed by atoms with Gasteiger partial charge in [-0.3, -0.25) is 0 Å². The van der Waals surface area contributed by atoms with Crippen molar-refractivity contribution < 1.29 is 34.4 Å². The second-order valence-electron chi connectivity index (χ2n) is 3.68. The number of ether oxygens (including phenoxy) is 2. The number of carbonyl (C=O) groups excluding carboxylic acids is 2. The summed E-state index contributed by atoms with van der Waals surface area (Å²) in [6.07, 6.45) is -3.50. The summed E-state index contributed by atoms with van der Waals surface area (Å²) in [6.45, 7) is 0. The number of phenolic OH excluding ortho intramolecular Hbond substituents is 1. The molecule has 0 aliphatic carbocycles. The zero-order valence-electron chi connectivity index (χ0n) is 10.4. The van der Waals surface area contributed by atoms with Crippen molar-refractivity contribution >= 4 is 11.9 Å². The zero-order chi connectivity index (χ0) is 14.6. The number of carbonyl (C=O) groups is 2. The van der Waals surface area contributed by atoms with Crippen LogP contribution in [0.4, 0.5) is 0 Å². The molecule has 0 amide bonds. The Hall–Kier alpha value is -2.12. The van der Waals surface area contributed by atoms with E-state index in [-0.39, 0.29) is 11.1 Å². The highest BCUT2D eigenvalue weighted by Gasteiger charge is 2.28. The molecule has 7 nitrogen and oxygen atoms in total. The smallest absolute Gasteiger partial charge is 0.337 e. The van der Waals surface area contributed by atoms with Crippen molar-refractivity contribution in [2.45, 2.75) is 12.2 Å². The van der Waals surface area contributed by atoms with E-state index >= 15 is 0 Å². The number of aliphatic hydroxyl groups excluding tert-OH is 2. The Kier molecular flexibility index (Phi) is 4.85. The maximum Gasteiger partial charge on any atom is 0.337 e. The van der Waals surface area contributed by atoms with Crippen molar-refractivity contribution in [1.82, 2.24) is 0 Å². The lowest BCUT2D eigenvalue weighted by atomic mass is 10.0. The average molecular weight is 270 g/mol. The number of methoxy groups -OCH3 is 2. The van der Waals surface area contributed by atoms with Gasteiger partial charge in [-0.2, -0.15) is 0 Å². The third-order valence-corrected chi connectivity index (χ3v) is 2.51. The van der Waals surface area contributed by atoms with Gasteiger partial charge in [0.25, 0.3) is 0 Å². The summed E-state index contributed by atoms with van der Waals surface area (Å²) in [7, 11) is 2.24. The van der Waals surface area contributed by atoms with E-state index in [4.69, 9.17) is 0 Å². The maximum atomic E-state index is 11.2. The van der Waals surface area contributed by atoms with Gasteiger partial charge in [0.2, 0.25) is 0 Å². The highest BCUT2D eigenvalue weighted by Crippen LogP contribution is 2.28. The van der Waals surface area contributed by atoms with Crippen LogP contribution in [0, 0.1) is 0 Å². The van der Waals surface area contributed by atoms with Crippen LogP contribution >= 0.6 is 0 Å². The molecule has 1 rings (SSSR count). The van der Waals surface area contributed by atoms with E-state index in [0.29, 0.717) is 0 Å². The van der Waals surface area contributed by atoms with Gasteiger partial charge in [0.15, 0.2) is 6.10 Å².